The van der Waals surface area contributed by atoms with Crippen molar-refractivity contribution in [2.24, 2.45) is 0 Å². The van der Waals surface area contributed by atoms with Gasteiger partial charge in [-0.3, -0.25) is 25.1 Å². The van der Waals surface area contributed by atoms with Crippen molar-refractivity contribution in [2.45, 2.75) is 4.90 Å². The van der Waals surface area contributed by atoms with E-state index < -0.39 is 31.4 Å². The average Bonchev–Trinajstić information content (AvgIpc) is 2.78. The summed E-state index contributed by atoms with van der Waals surface area (Å²) in [6.45, 7) is 0. The van der Waals surface area contributed by atoms with E-state index in [2.05, 4.69) is 5.32 Å². The molecule has 0 aliphatic rings. The second kappa shape index (κ2) is 9.15. The zero-order valence-corrected chi connectivity index (χ0v) is 16.6. The van der Waals surface area contributed by atoms with Crippen LogP contribution in [0, 0.1) is 10.1 Å². The molecule has 0 bridgehead atoms. The molecular weight excluding hydrogens is 424 g/mol. The van der Waals surface area contributed by atoms with E-state index in [0.29, 0.717) is 11.3 Å². The lowest BCUT2D eigenvalue weighted by molar-refractivity contribution is -0.387. The Morgan fingerprint density at radius 3 is 2.00 bits per heavy atom. The van der Waals surface area contributed by atoms with Gasteiger partial charge in [0.15, 0.2) is 4.90 Å². The van der Waals surface area contributed by atoms with E-state index in [-0.39, 0.29) is 11.5 Å². The number of anilines is 1. The molecule has 31 heavy (non-hydrogen) atoms. The summed E-state index contributed by atoms with van der Waals surface area (Å²) in [5.41, 5.74) is 2.38. The van der Waals surface area contributed by atoms with Crippen molar-refractivity contribution < 1.29 is 22.9 Å². The number of benzene rings is 3. The number of nitrogens with zero attached hydrogens (tertiary/aromatic N) is 1. The highest BCUT2D eigenvalue weighted by atomic mass is 32.2. The van der Waals surface area contributed by atoms with Gasteiger partial charge >= 0.3 is 0 Å². The van der Waals surface area contributed by atoms with Crippen molar-refractivity contribution in [3.05, 3.63) is 100 Å². The Bertz CT molecular complexity index is 1230. The average molecular weight is 440 g/mol. The summed E-state index contributed by atoms with van der Waals surface area (Å²) in [5, 5.41) is 13.7. The van der Waals surface area contributed by atoms with Gasteiger partial charge in [0, 0.05) is 22.9 Å². The zero-order chi connectivity index (χ0) is 22.4. The van der Waals surface area contributed by atoms with Crippen molar-refractivity contribution in [3.8, 4) is 0 Å². The van der Waals surface area contributed by atoms with E-state index in [9.17, 15) is 28.1 Å². The Balaban J connectivity index is 1.65. The van der Waals surface area contributed by atoms with Gasteiger partial charge in [-0.05, 0) is 42.5 Å². The van der Waals surface area contributed by atoms with Gasteiger partial charge in [0.25, 0.3) is 27.5 Å². The molecule has 0 aliphatic carbocycles. The Morgan fingerprint density at radius 2 is 1.35 bits per heavy atom. The summed E-state index contributed by atoms with van der Waals surface area (Å²) in [6.07, 6.45) is 0. The van der Waals surface area contributed by atoms with E-state index in [4.69, 9.17) is 0 Å². The fourth-order valence-electron chi connectivity index (χ4n) is 2.57. The maximum absolute atomic E-state index is 12.3. The number of nitrogens with one attached hydrogen (secondary N) is 3. The van der Waals surface area contributed by atoms with Gasteiger partial charge in [0.1, 0.15) is 0 Å². The lowest BCUT2D eigenvalue weighted by Gasteiger charge is -2.10. The van der Waals surface area contributed by atoms with Gasteiger partial charge in [-0.15, -0.1) is 4.83 Å². The molecule has 0 saturated carbocycles. The van der Waals surface area contributed by atoms with Gasteiger partial charge in [0.05, 0.1) is 4.92 Å². The zero-order valence-electron chi connectivity index (χ0n) is 15.8. The highest BCUT2D eigenvalue weighted by molar-refractivity contribution is 7.89. The smallest absolute Gasteiger partial charge is 0.289 e. The van der Waals surface area contributed by atoms with Crippen LogP contribution < -0.4 is 15.6 Å². The van der Waals surface area contributed by atoms with Crippen molar-refractivity contribution >= 4 is 33.2 Å². The fraction of sp³-hybridized carbons (Fsp3) is 0. The minimum Gasteiger partial charge on any atom is -0.322 e. The highest BCUT2D eigenvalue weighted by Crippen LogP contribution is 2.22. The molecule has 158 valence electrons. The van der Waals surface area contributed by atoms with Crippen molar-refractivity contribution in [1.82, 2.24) is 10.3 Å². The first kappa shape index (κ1) is 21.6. The van der Waals surface area contributed by atoms with Crippen LogP contribution in [0.25, 0.3) is 0 Å². The van der Waals surface area contributed by atoms with Gasteiger partial charge < -0.3 is 5.32 Å². The lowest BCUT2D eigenvalue weighted by atomic mass is 10.2. The molecule has 3 rings (SSSR count). The van der Waals surface area contributed by atoms with Crippen molar-refractivity contribution in [2.75, 3.05) is 5.32 Å². The molecule has 0 spiro atoms. The van der Waals surface area contributed by atoms with Crippen LogP contribution in [0.4, 0.5) is 11.4 Å². The second-order valence-corrected chi connectivity index (χ2v) is 7.83. The predicted octanol–water partition coefficient (Wildman–Crippen LogP) is 2.47. The number of rotatable bonds is 7. The molecule has 10 nitrogen and oxygen atoms in total. The third kappa shape index (κ3) is 5.29. The third-order valence-electron chi connectivity index (χ3n) is 4.09. The van der Waals surface area contributed by atoms with Crippen LogP contribution in [-0.4, -0.2) is 25.2 Å². The number of nitro benzene ring substituents is 1. The first-order valence-electron chi connectivity index (χ1n) is 8.80. The normalized spacial score (nSPS) is 10.8. The Labute approximate surface area is 177 Å². The molecule has 3 N–H and O–H groups in total. The molecule has 3 aromatic rings. The van der Waals surface area contributed by atoms with Crippen LogP contribution in [-0.2, 0) is 10.0 Å². The standard InChI is InChI=1S/C20H16N4O6S/c25-19(14-6-2-1-3-7-14)21-16-12-10-15(11-13-16)20(26)22-23-31(29,30)18-9-5-4-8-17(18)24(27)28/h1-13,23H,(H,21,25)(H,22,26). The monoisotopic (exact) mass is 440 g/mol. The van der Waals surface area contributed by atoms with Crippen molar-refractivity contribution in [1.29, 1.82) is 0 Å². The molecule has 11 heteroatoms. The summed E-state index contributed by atoms with van der Waals surface area (Å²) in [4.78, 5) is 35.8. The van der Waals surface area contributed by atoms with E-state index >= 15 is 0 Å². The number of carbonyl (C=O) groups excluding carboxylic acids is 2. The molecule has 0 saturated heterocycles. The van der Waals surface area contributed by atoms with Gasteiger partial charge in [-0.25, -0.2) is 8.42 Å². The number of sulfonamides is 1. The molecule has 3 aromatic carbocycles. The van der Waals surface area contributed by atoms with Crippen LogP contribution in [0.15, 0.2) is 83.8 Å². The lowest BCUT2D eigenvalue weighted by Crippen LogP contribution is -2.41. The quantitative estimate of drug-likeness (QED) is 0.380. The Kier molecular flexibility index (Phi) is 6.38. The highest BCUT2D eigenvalue weighted by Gasteiger charge is 2.25. The van der Waals surface area contributed by atoms with Gasteiger partial charge in [-0.1, -0.05) is 30.3 Å². The molecule has 0 heterocycles. The number of amides is 2. The minimum absolute atomic E-state index is 0.1000. The summed E-state index contributed by atoms with van der Waals surface area (Å²) >= 11 is 0. The SMILES string of the molecule is O=C(NNS(=O)(=O)c1ccccc1[N+](=O)[O-])c1ccc(NC(=O)c2ccccc2)cc1. The summed E-state index contributed by atoms with van der Waals surface area (Å²) in [6, 6.07) is 19.0. The molecular formula is C20H16N4O6S. The molecule has 0 aliphatic heterocycles. The van der Waals surface area contributed by atoms with Gasteiger partial charge in [-0.2, -0.15) is 0 Å². The number of hydrogen-bond acceptors (Lipinski definition) is 6. The molecule has 0 atom stereocenters. The van der Waals surface area contributed by atoms with Crippen LogP contribution in [0.1, 0.15) is 20.7 Å². The van der Waals surface area contributed by atoms with Crippen LogP contribution in [0.3, 0.4) is 0 Å². The maximum Gasteiger partial charge on any atom is 0.289 e. The topological polar surface area (TPSA) is 148 Å². The minimum atomic E-state index is -4.37. The molecule has 2 amide bonds. The summed E-state index contributed by atoms with van der Waals surface area (Å²) in [5.74, 6) is -1.11. The first-order chi connectivity index (χ1) is 14.8. The van der Waals surface area contributed by atoms with Gasteiger partial charge in [0.2, 0.25) is 0 Å². The van der Waals surface area contributed by atoms with E-state index in [1.165, 1.54) is 36.4 Å². The molecule has 0 fully saturated rings. The number of hydrazine groups is 1. The molecule has 0 radical (unpaired) electrons. The largest absolute Gasteiger partial charge is 0.322 e. The van der Waals surface area contributed by atoms with Crippen LogP contribution in [0.5, 0.6) is 0 Å². The first-order valence-corrected chi connectivity index (χ1v) is 10.3. The van der Waals surface area contributed by atoms with Crippen molar-refractivity contribution in [3.63, 3.8) is 0 Å². The Morgan fingerprint density at radius 1 is 0.774 bits per heavy atom. The number of para-hydroxylation sites is 1. The van der Waals surface area contributed by atoms with Crippen LogP contribution >= 0.6 is 0 Å². The number of carbonyl (C=O) groups is 2. The second-order valence-electron chi connectivity index (χ2n) is 6.18. The maximum atomic E-state index is 12.3. The number of hydrogen-bond donors (Lipinski definition) is 3. The third-order valence-corrected chi connectivity index (χ3v) is 5.39. The Hall–Kier alpha value is -4.09. The summed E-state index contributed by atoms with van der Waals surface area (Å²) < 4.78 is 24.7. The number of nitro groups is 1. The van der Waals surface area contributed by atoms with E-state index in [1.807, 2.05) is 10.3 Å². The van der Waals surface area contributed by atoms with Crippen LogP contribution in [0.2, 0.25) is 0 Å². The molecule has 0 aromatic heterocycles. The molecule has 0 unspecified atom stereocenters. The van der Waals surface area contributed by atoms with E-state index in [0.717, 1.165) is 12.1 Å². The fourth-order valence-corrected chi connectivity index (χ4v) is 3.59. The van der Waals surface area contributed by atoms with E-state index in [1.54, 1.807) is 30.3 Å². The predicted molar refractivity (Wildman–Crippen MR) is 112 cm³/mol. The summed E-state index contributed by atoms with van der Waals surface area (Å²) in [7, 11) is -4.37.